The van der Waals surface area contributed by atoms with Crippen LogP contribution in [0.4, 0.5) is 39.8 Å². The number of aryl methyl sites for hydroxylation is 8. The fraction of sp³-hybridized carbons (Fsp3) is 0.449. The zero-order valence-corrected chi connectivity index (χ0v) is 68.4. The number of nitrogens with one attached hydrogen (secondary N) is 3. The molecule has 0 aliphatic heterocycles. The number of nitro benzene ring substituents is 2. The number of nitrogens with zero attached hydrogens (tertiary/aromatic N) is 3. The number of carbonyl (C=O) groups excluding carboxylic acids is 2. The normalized spacial score (nSPS) is 10.3. The topological polar surface area (TPSA) is 212 Å². The Balaban J connectivity index is 0. The Kier molecular flexibility index (Phi) is 39.9. The summed E-state index contributed by atoms with van der Waals surface area (Å²) in [7, 11) is 8.46. The van der Waals surface area contributed by atoms with E-state index < -0.39 is 0 Å². The number of anilines is 5. The van der Waals surface area contributed by atoms with Crippen LogP contribution in [0.25, 0.3) is 0 Å². The monoisotopic (exact) mass is 1680 g/mol. The van der Waals surface area contributed by atoms with Gasteiger partial charge >= 0.3 is 49.4 Å². The van der Waals surface area contributed by atoms with Crippen molar-refractivity contribution < 1.29 is 28.9 Å². The molecule has 0 aliphatic carbocycles. The molecule has 2 amide bonds. The van der Waals surface area contributed by atoms with Gasteiger partial charge in [-0.25, -0.2) is 0 Å². The van der Waals surface area contributed by atoms with Crippen LogP contribution in [-0.2, 0) is 19.1 Å². The van der Waals surface area contributed by atoms with Crippen molar-refractivity contribution in [3.63, 3.8) is 0 Å². The first kappa shape index (κ1) is 87.0. The number of amides is 2. The van der Waals surface area contributed by atoms with Crippen molar-refractivity contribution in [2.24, 2.45) is 10.8 Å². The van der Waals surface area contributed by atoms with Crippen molar-refractivity contribution in [3.05, 3.63) is 183 Å². The zero-order valence-electron chi connectivity index (χ0n) is 57.9. The number of halogens is 5. The van der Waals surface area contributed by atoms with Gasteiger partial charge in [-0.05, 0) is 261 Å². The van der Waals surface area contributed by atoms with E-state index in [0.717, 1.165) is 87.3 Å². The summed E-state index contributed by atoms with van der Waals surface area (Å²) >= 11 is 14.9. The number of nitro groups is 2. The van der Waals surface area contributed by atoms with Gasteiger partial charge in [-0.3, -0.25) is 29.8 Å². The molecule has 6 rings (SSSR count). The van der Waals surface area contributed by atoms with Crippen LogP contribution in [0.15, 0.2) is 68.0 Å². The van der Waals surface area contributed by atoms with Crippen molar-refractivity contribution in [2.75, 3.05) is 55.2 Å². The Labute approximate surface area is 588 Å². The average Bonchev–Trinajstić information content (AvgIpc) is 3.31. The summed E-state index contributed by atoms with van der Waals surface area (Å²) < 4.78 is 2.77. The van der Waals surface area contributed by atoms with Crippen molar-refractivity contribution in [3.8, 4) is 0 Å². The Bertz CT molecular complexity index is 3260. The first-order valence-corrected chi connectivity index (χ1v) is 40.2. The van der Waals surface area contributed by atoms with Crippen LogP contribution in [0, 0.1) is 149 Å². The third kappa shape index (κ3) is 30.0. The number of hydrogen-bond donors (Lipinski definition) is 5. The predicted octanol–water partition coefficient (Wildman–Crippen LogP) is 21.1. The van der Waals surface area contributed by atoms with Gasteiger partial charge in [-0.15, -0.1) is 0 Å². The van der Waals surface area contributed by atoms with Crippen LogP contribution < -0.4 is 32.3 Å². The van der Waals surface area contributed by atoms with Gasteiger partial charge in [0, 0.05) is 81.0 Å². The Morgan fingerprint density at radius 2 is 0.787 bits per heavy atom. The van der Waals surface area contributed by atoms with E-state index in [1.165, 1.54) is 44.6 Å². The number of hydrogen-bond acceptors (Lipinski definition) is 10. The molecule has 0 saturated heterocycles. The summed E-state index contributed by atoms with van der Waals surface area (Å²) in [4.78, 5) is 46.7. The fourth-order valence-electron chi connectivity index (χ4n) is 8.51. The molecule has 0 atom stereocenters. The van der Waals surface area contributed by atoms with Gasteiger partial charge in [-0.1, -0.05) is 104 Å². The van der Waals surface area contributed by atoms with Crippen molar-refractivity contribution >= 4 is 139 Å². The second-order valence-corrected chi connectivity index (χ2v) is 39.1. The maximum absolute atomic E-state index is 12.1. The quantitative estimate of drug-likeness (QED) is 0.0442. The third-order valence-electron chi connectivity index (χ3n) is 14.5. The third-order valence-corrected chi connectivity index (χ3v) is 16.8. The van der Waals surface area contributed by atoms with Gasteiger partial charge in [0.25, 0.3) is 11.4 Å². The molecule has 0 heterocycles. The molecule has 89 heavy (non-hydrogen) atoms. The molecule has 0 unspecified atom stereocenters. The molecule has 0 spiro atoms. The molecule has 20 heteroatoms. The summed E-state index contributed by atoms with van der Waals surface area (Å²) in [6.45, 7) is 46.1. The fourth-order valence-corrected chi connectivity index (χ4v) is 10.4. The average molecular weight is 1680 g/mol. The van der Waals surface area contributed by atoms with Gasteiger partial charge in [0.15, 0.2) is 0 Å². The van der Waals surface area contributed by atoms with E-state index in [4.69, 9.17) is 11.5 Å². The van der Waals surface area contributed by atoms with Crippen LogP contribution in [0.3, 0.4) is 0 Å². The summed E-state index contributed by atoms with van der Waals surface area (Å²) in [6, 6.07) is 17.6. The van der Waals surface area contributed by atoms with Crippen molar-refractivity contribution in [1.82, 2.24) is 5.32 Å². The molecule has 0 bridgehead atoms. The van der Waals surface area contributed by atoms with Crippen LogP contribution in [0.5, 0.6) is 0 Å². The minimum atomic E-state index is -0.369. The molecule has 0 fully saturated rings. The Morgan fingerprint density at radius 3 is 1.15 bits per heavy atom. The molecule has 7 N–H and O–H groups in total. The van der Waals surface area contributed by atoms with Gasteiger partial charge in [-0.2, -0.15) is 0 Å². The van der Waals surface area contributed by atoms with E-state index in [2.05, 4.69) is 222 Å². The number of nitrogen functional groups attached to an aromatic ring is 2. The zero-order chi connectivity index (χ0) is 70.1. The molecule has 0 aromatic heterocycles. The molecule has 0 radical (unpaired) electrons. The standard InChI is InChI=1S/C17H28N2O.C15H22BrNO.C9H12BrN.C9H11NO2.C9H13N.C8H8BrNO2.C2H7N.2HI.V/c1-11-9-14(19(7)8)12(2)13(3)16(11)18-15(20)10-17(4,5)6;1-9-7-12(16)10(2)11(3)14(9)17-13(18)8-15(4,5)6;1-5-4-8(10)6(2)7(3)9(5)11;1-6-4-5-7(2)9(8(6)3)10(11)12;1-6-4-5-7(2)9(10)8(6)3;1-5-3-4-7(9)8(6(5)2)10(11)12;1-3-2;;;/h9H,10H2,1-8H3,(H,18,20);7H,8H2,1-6H3,(H,17,18);4H,11H2,1-3H3;4-5H,1-3H3;4-5H,10H2,1-3H3;3-4H,1-2H3;3H,1-2H3;2*1H;/q;;;;;;;;;+2/p-2. The van der Waals surface area contributed by atoms with Gasteiger partial charge in [0.2, 0.25) is 11.8 Å². The molecular weight excluding hydrogens is 1580 g/mol. The number of benzene rings is 6. The van der Waals surface area contributed by atoms with Gasteiger partial charge in [0.1, 0.15) is 0 Å². The number of rotatable bonds is 7. The SMILES string of the molecule is CNC.Cc1cc(Br)c(C)c(C)c1N.Cc1cc(Br)c(C)c(C)c1NC(=O)CC(C)(C)C.Cc1cc(N(C)C)c(C)c(C)c1NC(=O)CC(C)(C)C.Cc1ccc(Br)c([N+](=O)[O-])c1C.Cc1ccc(C)c(N)c1C.Cc1ccc(C)c([N+](=O)[O-])c1C.[I][V][I]. The number of carbonyl (C=O) groups is 2. The van der Waals surface area contributed by atoms with Crippen LogP contribution >= 0.6 is 87.7 Å². The van der Waals surface area contributed by atoms with Crippen LogP contribution in [0.2, 0.25) is 0 Å². The van der Waals surface area contributed by atoms with E-state index in [9.17, 15) is 29.8 Å². The molecule has 0 saturated carbocycles. The van der Waals surface area contributed by atoms with Crippen molar-refractivity contribution in [1.29, 1.82) is 0 Å². The molecule has 6 aromatic rings. The van der Waals surface area contributed by atoms with E-state index in [0.29, 0.717) is 26.8 Å². The van der Waals surface area contributed by atoms with E-state index >= 15 is 0 Å². The minimum absolute atomic E-state index is 0.00448. The molecular formula is C69H101Br3I2N8O6V. The Morgan fingerprint density at radius 1 is 0.472 bits per heavy atom. The van der Waals surface area contributed by atoms with E-state index in [1.54, 1.807) is 32.9 Å². The first-order valence-electron chi connectivity index (χ1n) is 28.8. The van der Waals surface area contributed by atoms with E-state index in [-0.39, 0.29) is 43.9 Å². The second-order valence-electron chi connectivity index (χ2n) is 24.8. The van der Waals surface area contributed by atoms with Crippen LogP contribution in [-0.4, -0.2) is 49.9 Å². The molecule has 0 aliphatic rings. The van der Waals surface area contributed by atoms with Gasteiger partial charge < -0.3 is 32.3 Å². The van der Waals surface area contributed by atoms with E-state index in [1.807, 2.05) is 95.7 Å². The second kappa shape index (κ2) is 40.8. The Hall–Kier alpha value is -4.10. The van der Waals surface area contributed by atoms with Gasteiger partial charge in [0.05, 0.1) is 14.3 Å². The summed E-state index contributed by atoms with van der Waals surface area (Å²) in [5, 5.41) is 30.0. The predicted molar refractivity (Wildman–Crippen MR) is 407 cm³/mol. The maximum atomic E-state index is 12.1. The molecule has 6 aromatic carbocycles. The summed E-state index contributed by atoms with van der Waals surface area (Å²) in [5.41, 5.74) is 35.1. The van der Waals surface area contributed by atoms with Crippen LogP contribution in [0.1, 0.15) is 149 Å². The summed E-state index contributed by atoms with van der Waals surface area (Å²) in [6.07, 6.45) is 1.06. The first-order chi connectivity index (χ1) is 40.7. The van der Waals surface area contributed by atoms with Crippen molar-refractivity contribution in [2.45, 2.75) is 172 Å². The molecule has 14 nitrogen and oxygen atoms in total. The summed E-state index contributed by atoms with van der Waals surface area (Å²) in [5.74, 6) is 0.163. The molecule has 493 valence electrons. The number of nitrogens with two attached hydrogens (primary N) is 2.